The van der Waals surface area contributed by atoms with Crippen LogP contribution < -0.4 is 10.6 Å². The lowest BCUT2D eigenvalue weighted by Gasteiger charge is -2.34. The van der Waals surface area contributed by atoms with Crippen LogP contribution in [0.15, 0.2) is 48.5 Å². The fraction of sp³-hybridized carbons (Fsp3) is 0.464. The number of fused-ring (bicyclic) bond motifs is 3. The highest BCUT2D eigenvalue weighted by Crippen LogP contribution is 2.44. The first kappa shape index (κ1) is 24.8. The molecule has 186 valence electrons. The van der Waals surface area contributed by atoms with Crippen molar-refractivity contribution in [3.8, 4) is 11.1 Å². The summed E-state index contributed by atoms with van der Waals surface area (Å²) in [5.74, 6) is -0.322. The highest BCUT2D eigenvalue weighted by molar-refractivity contribution is 5.79. The summed E-state index contributed by atoms with van der Waals surface area (Å²) < 4.78 is 5.64. The van der Waals surface area contributed by atoms with Crippen LogP contribution in [0.25, 0.3) is 11.1 Å². The van der Waals surface area contributed by atoms with Crippen molar-refractivity contribution in [3.63, 3.8) is 0 Å². The van der Waals surface area contributed by atoms with Gasteiger partial charge in [0.25, 0.3) is 0 Å². The van der Waals surface area contributed by atoms with Gasteiger partial charge in [0.2, 0.25) is 5.91 Å². The molecule has 1 fully saturated rings. The van der Waals surface area contributed by atoms with Crippen molar-refractivity contribution in [3.05, 3.63) is 59.7 Å². The Morgan fingerprint density at radius 3 is 2.23 bits per heavy atom. The van der Waals surface area contributed by atoms with E-state index in [1.54, 1.807) is 0 Å². The Balaban J connectivity index is 1.24. The minimum atomic E-state index is -0.765. The molecule has 0 saturated heterocycles. The van der Waals surface area contributed by atoms with Crippen molar-refractivity contribution in [1.29, 1.82) is 0 Å². The van der Waals surface area contributed by atoms with Gasteiger partial charge in [-0.1, -0.05) is 61.9 Å². The molecule has 2 amide bonds. The second-order valence-corrected chi connectivity index (χ2v) is 9.77. The molecule has 1 unspecified atom stereocenters. The van der Waals surface area contributed by atoms with Crippen molar-refractivity contribution in [1.82, 2.24) is 10.6 Å². The molecule has 0 aliphatic heterocycles. The lowest BCUT2D eigenvalue weighted by molar-refractivity contribution is -0.139. The number of rotatable bonds is 11. The number of carbonyl (C=O) groups is 3. The molecule has 0 heterocycles. The third kappa shape index (κ3) is 6.21. The number of benzene rings is 2. The zero-order valence-electron chi connectivity index (χ0n) is 20.2. The van der Waals surface area contributed by atoms with Crippen LogP contribution in [-0.2, 0) is 14.3 Å². The average molecular weight is 479 g/mol. The second-order valence-electron chi connectivity index (χ2n) is 9.77. The van der Waals surface area contributed by atoms with Crippen LogP contribution in [0.4, 0.5) is 4.79 Å². The smallest absolute Gasteiger partial charge is 0.407 e. The van der Waals surface area contributed by atoms with Gasteiger partial charge in [-0.25, -0.2) is 4.79 Å². The molecule has 2 aliphatic rings. The van der Waals surface area contributed by atoms with E-state index in [4.69, 9.17) is 9.84 Å². The van der Waals surface area contributed by atoms with Crippen LogP contribution in [0, 0.1) is 11.8 Å². The highest BCUT2D eigenvalue weighted by Gasteiger charge is 2.31. The van der Waals surface area contributed by atoms with Gasteiger partial charge in [0, 0.05) is 31.3 Å². The van der Waals surface area contributed by atoms with Gasteiger partial charge in [0.1, 0.15) is 6.61 Å². The minimum absolute atomic E-state index is 0.00602. The van der Waals surface area contributed by atoms with E-state index in [1.807, 2.05) is 31.2 Å². The van der Waals surface area contributed by atoms with E-state index in [0.717, 1.165) is 30.4 Å². The summed E-state index contributed by atoms with van der Waals surface area (Å²) >= 11 is 0. The summed E-state index contributed by atoms with van der Waals surface area (Å²) in [5, 5.41) is 14.7. The standard InChI is InChI=1S/C28H34N2O5/c1-2-7-20(15-26(31)29-16-19-12-18(13-19)14-27(32)33)30-28(34)35-17-25-23-10-5-3-8-21(23)22-9-4-6-11-24(22)25/h3-6,8-11,18-20,25H,2,7,12-17H2,1H3,(H,29,31)(H,30,34)(H,32,33). The van der Waals surface area contributed by atoms with Gasteiger partial charge >= 0.3 is 12.1 Å². The topological polar surface area (TPSA) is 105 Å². The SMILES string of the molecule is CCCC(CC(=O)NCC1CC(CC(=O)O)C1)NC(=O)OCC1c2ccccc2-c2ccccc21. The van der Waals surface area contributed by atoms with Gasteiger partial charge in [0.05, 0.1) is 0 Å². The van der Waals surface area contributed by atoms with Crippen molar-refractivity contribution < 1.29 is 24.2 Å². The zero-order chi connectivity index (χ0) is 24.8. The summed E-state index contributed by atoms with van der Waals surface area (Å²) in [6, 6.07) is 16.1. The van der Waals surface area contributed by atoms with Crippen LogP contribution in [0.3, 0.4) is 0 Å². The van der Waals surface area contributed by atoms with Crippen LogP contribution >= 0.6 is 0 Å². The Morgan fingerprint density at radius 2 is 1.63 bits per heavy atom. The van der Waals surface area contributed by atoms with Crippen LogP contribution in [0.5, 0.6) is 0 Å². The zero-order valence-corrected chi connectivity index (χ0v) is 20.2. The molecule has 0 spiro atoms. The fourth-order valence-electron chi connectivity index (χ4n) is 5.39. The van der Waals surface area contributed by atoms with E-state index in [9.17, 15) is 14.4 Å². The normalized spacial score (nSPS) is 19.1. The van der Waals surface area contributed by atoms with Crippen LogP contribution in [0.2, 0.25) is 0 Å². The molecular weight excluding hydrogens is 444 g/mol. The molecule has 3 N–H and O–H groups in total. The third-order valence-electron chi connectivity index (χ3n) is 7.12. The van der Waals surface area contributed by atoms with Gasteiger partial charge in [-0.3, -0.25) is 9.59 Å². The number of alkyl carbamates (subject to hydrolysis) is 1. The van der Waals surface area contributed by atoms with E-state index in [0.29, 0.717) is 18.9 Å². The Bertz CT molecular complexity index is 1020. The van der Waals surface area contributed by atoms with E-state index in [2.05, 4.69) is 34.9 Å². The maximum Gasteiger partial charge on any atom is 0.407 e. The number of nitrogens with one attached hydrogen (secondary N) is 2. The third-order valence-corrected chi connectivity index (χ3v) is 7.12. The summed E-state index contributed by atoms with van der Waals surface area (Å²) in [6.45, 7) is 2.81. The van der Waals surface area contributed by atoms with Crippen molar-refractivity contribution >= 4 is 18.0 Å². The number of amides is 2. The molecule has 35 heavy (non-hydrogen) atoms. The Labute approximate surface area is 206 Å². The first-order chi connectivity index (χ1) is 16.9. The average Bonchev–Trinajstić information content (AvgIpc) is 3.13. The van der Waals surface area contributed by atoms with Gasteiger partial charge in [-0.15, -0.1) is 0 Å². The van der Waals surface area contributed by atoms with Gasteiger partial charge in [-0.2, -0.15) is 0 Å². The van der Waals surface area contributed by atoms with Gasteiger partial charge in [-0.05, 0) is 53.4 Å². The molecule has 0 aromatic heterocycles. The molecule has 2 aromatic rings. The van der Waals surface area contributed by atoms with E-state index >= 15 is 0 Å². The monoisotopic (exact) mass is 478 g/mol. The molecule has 0 bridgehead atoms. The van der Waals surface area contributed by atoms with Crippen molar-refractivity contribution in [2.24, 2.45) is 11.8 Å². The van der Waals surface area contributed by atoms with E-state index < -0.39 is 12.1 Å². The number of aliphatic carboxylic acids is 1. The summed E-state index contributed by atoms with van der Waals surface area (Å²) in [7, 11) is 0. The quantitative estimate of drug-likeness (QED) is 0.434. The lowest BCUT2D eigenvalue weighted by Crippen LogP contribution is -2.42. The lowest BCUT2D eigenvalue weighted by atomic mass is 9.73. The highest BCUT2D eigenvalue weighted by atomic mass is 16.5. The minimum Gasteiger partial charge on any atom is -0.481 e. The van der Waals surface area contributed by atoms with Gasteiger partial charge < -0.3 is 20.5 Å². The van der Waals surface area contributed by atoms with Crippen molar-refractivity contribution in [2.45, 2.75) is 57.4 Å². The predicted octanol–water partition coefficient (Wildman–Crippen LogP) is 4.70. The first-order valence-electron chi connectivity index (χ1n) is 12.5. The molecule has 1 saturated carbocycles. The Morgan fingerprint density at radius 1 is 1.00 bits per heavy atom. The van der Waals surface area contributed by atoms with Crippen molar-refractivity contribution in [2.75, 3.05) is 13.2 Å². The number of carbonyl (C=O) groups excluding carboxylic acids is 2. The maximum atomic E-state index is 12.6. The fourth-order valence-corrected chi connectivity index (χ4v) is 5.39. The largest absolute Gasteiger partial charge is 0.481 e. The number of ether oxygens (including phenoxy) is 1. The van der Waals surface area contributed by atoms with Crippen LogP contribution in [-0.4, -0.2) is 42.3 Å². The number of hydrogen-bond donors (Lipinski definition) is 3. The molecule has 2 aromatic carbocycles. The van der Waals surface area contributed by atoms with Crippen LogP contribution in [0.1, 0.15) is 62.5 Å². The second kappa shape index (κ2) is 11.4. The summed E-state index contributed by atoms with van der Waals surface area (Å²) in [4.78, 5) is 35.8. The maximum absolute atomic E-state index is 12.6. The molecule has 1 atom stereocenters. The predicted molar refractivity (Wildman–Crippen MR) is 133 cm³/mol. The molecule has 7 heteroatoms. The number of carboxylic acid groups (broad SMARTS) is 1. The van der Waals surface area contributed by atoms with E-state index in [-0.39, 0.29) is 43.2 Å². The Hall–Kier alpha value is -3.35. The number of carboxylic acids is 1. The molecule has 4 rings (SSSR count). The summed E-state index contributed by atoms with van der Waals surface area (Å²) in [6.07, 6.45) is 3.08. The molecule has 2 aliphatic carbocycles. The molecular formula is C28H34N2O5. The molecule has 7 nitrogen and oxygen atoms in total. The Kier molecular flexibility index (Phi) is 8.06. The van der Waals surface area contributed by atoms with Gasteiger partial charge in [0.15, 0.2) is 0 Å². The molecule has 0 radical (unpaired) electrons. The summed E-state index contributed by atoms with van der Waals surface area (Å²) in [5.41, 5.74) is 4.68. The first-order valence-corrected chi connectivity index (χ1v) is 12.5. The van der Waals surface area contributed by atoms with E-state index in [1.165, 1.54) is 11.1 Å². The number of hydrogen-bond acceptors (Lipinski definition) is 4.